The Hall–Kier alpha value is -2.35. The Bertz CT molecular complexity index is 578. The van der Waals surface area contributed by atoms with Crippen LogP contribution in [0.15, 0.2) is 48.5 Å². The summed E-state index contributed by atoms with van der Waals surface area (Å²) in [4.78, 5) is 10.6. The number of rotatable bonds is 4. The van der Waals surface area contributed by atoms with Gasteiger partial charge >= 0.3 is 5.97 Å². The number of carboxylic acid groups (broad SMARTS) is 1. The molecule has 0 bridgehead atoms. The minimum absolute atomic E-state index is 0.0714. The summed E-state index contributed by atoms with van der Waals surface area (Å²) in [7, 11) is 0. The first kappa shape index (κ1) is 13.1. The lowest BCUT2D eigenvalue weighted by atomic mass is 10.1. The van der Waals surface area contributed by atoms with Gasteiger partial charge < -0.3 is 5.11 Å². The predicted molar refractivity (Wildman–Crippen MR) is 77.9 cm³/mol. The van der Waals surface area contributed by atoms with Gasteiger partial charge in [-0.3, -0.25) is 4.79 Å². The molecule has 2 rings (SSSR count). The van der Waals surface area contributed by atoms with Gasteiger partial charge in [0.25, 0.3) is 0 Å². The molecule has 2 nitrogen and oxygen atoms in total. The van der Waals surface area contributed by atoms with Crippen LogP contribution in [0.1, 0.15) is 22.3 Å². The zero-order valence-corrected chi connectivity index (χ0v) is 10.8. The fraction of sp³-hybridized carbons (Fsp3) is 0.118. The molecule has 2 aromatic rings. The topological polar surface area (TPSA) is 37.3 Å². The maximum Gasteiger partial charge on any atom is 0.307 e. The second kappa shape index (κ2) is 6.01. The number of hydrogen-bond acceptors (Lipinski definition) is 1. The number of aliphatic carboxylic acids is 1. The van der Waals surface area contributed by atoms with Gasteiger partial charge in [-0.1, -0.05) is 66.2 Å². The van der Waals surface area contributed by atoms with E-state index in [0.29, 0.717) is 0 Å². The maximum atomic E-state index is 10.6. The molecule has 0 saturated carbocycles. The smallest absolute Gasteiger partial charge is 0.307 e. The number of carbonyl (C=O) groups is 1. The monoisotopic (exact) mass is 252 g/mol. The molecule has 0 spiro atoms. The van der Waals surface area contributed by atoms with Crippen molar-refractivity contribution in [1.29, 1.82) is 0 Å². The molecule has 0 radical (unpaired) electrons. The summed E-state index contributed by atoms with van der Waals surface area (Å²) in [6.45, 7) is 2.06. The second-order valence-corrected chi connectivity index (χ2v) is 4.56. The van der Waals surface area contributed by atoms with Gasteiger partial charge in [0.1, 0.15) is 0 Å². The molecule has 0 unspecified atom stereocenters. The van der Waals surface area contributed by atoms with E-state index in [4.69, 9.17) is 5.11 Å². The molecule has 0 saturated heterocycles. The molecule has 2 aromatic carbocycles. The Balaban J connectivity index is 2.06. The zero-order chi connectivity index (χ0) is 13.7. The SMILES string of the molecule is Cc1ccc(/C=C/c2ccc(CC(=O)O)cc2)cc1. The molecule has 0 aliphatic heterocycles. The van der Waals surface area contributed by atoms with Gasteiger partial charge in [-0.2, -0.15) is 0 Å². The summed E-state index contributed by atoms with van der Waals surface area (Å²) >= 11 is 0. The van der Waals surface area contributed by atoms with E-state index >= 15 is 0 Å². The highest BCUT2D eigenvalue weighted by Crippen LogP contribution is 2.11. The van der Waals surface area contributed by atoms with Gasteiger partial charge in [0.05, 0.1) is 6.42 Å². The van der Waals surface area contributed by atoms with Crippen LogP contribution < -0.4 is 0 Å². The van der Waals surface area contributed by atoms with Crippen LogP contribution in [0.4, 0.5) is 0 Å². The average molecular weight is 252 g/mol. The number of hydrogen-bond donors (Lipinski definition) is 1. The minimum atomic E-state index is -0.803. The first-order valence-corrected chi connectivity index (χ1v) is 6.19. The summed E-state index contributed by atoms with van der Waals surface area (Å²) in [5.41, 5.74) is 4.28. The van der Waals surface area contributed by atoms with E-state index in [9.17, 15) is 4.79 Å². The van der Waals surface area contributed by atoms with E-state index in [1.807, 2.05) is 36.4 Å². The highest BCUT2D eigenvalue weighted by Gasteiger charge is 1.98. The molecule has 0 atom stereocenters. The lowest BCUT2D eigenvalue weighted by Crippen LogP contribution is -1.99. The summed E-state index contributed by atoms with van der Waals surface area (Å²) in [5.74, 6) is -0.803. The third kappa shape index (κ3) is 4.11. The van der Waals surface area contributed by atoms with Crippen molar-refractivity contribution in [1.82, 2.24) is 0 Å². The lowest BCUT2D eigenvalue weighted by Gasteiger charge is -1.99. The van der Waals surface area contributed by atoms with Crippen LogP contribution in [0.5, 0.6) is 0 Å². The molecule has 0 heterocycles. The number of benzene rings is 2. The van der Waals surface area contributed by atoms with Crippen molar-refractivity contribution in [3.63, 3.8) is 0 Å². The van der Waals surface area contributed by atoms with Crippen LogP contribution >= 0.6 is 0 Å². The highest BCUT2D eigenvalue weighted by molar-refractivity contribution is 5.72. The summed E-state index contributed by atoms with van der Waals surface area (Å²) < 4.78 is 0. The Morgan fingerprint density at radius 3 is 1.89 bits per heavy atom. The van der Waals surface area contributed by atoms with Crippen molar-refractivity contribution in [3.8, 4) is 0 Å². The number of aryl methyl sites for hydroxylation is 1. The third-order valence-corrected chi connectivity index (χ3v) is 2.88. The van der Waals surface area contributed by atoms with Crippen molar-refractivity contribution < 1.29 is 9.90 Å². The Morgan fingerprint density at radius 1 is 0.947 bits per heavy atom. The largest absolute Gasteiger partial charge is 0.481 e. The molecule has 0 fully saturated rings. The van der Waals surface area contributed by atoms with Gasteiger partial charge in [0.15, 0.2) is 0 Å². The van der Waals surface area contributed by atoms with Crippen LogP contribution in [0.3, 0.4) is 0 Å². The van der Waals surface area contributed by atoms with Gasteiger partial charge in [0.2, 0.25) is 0 Å². The van der Waals surface area contributed by atoms with Crippen molar-refractivity contribution >= 4 is 18.1 Å². The summed E-state index contributed by atoms with van der Waals surface area (Å²) in [6, 6.07) is 15.9. The van der Waals surface area contributed by atoms with Crippen LogP contribution in [0, 0.1) is 6.92 Å². The van der Waals surface area contributed by atoms with E-state index in [1.165, 1.54) is 5.56 Å². The maximum absolute atomic E-state index is 10.6. The lowest BCUT2D eigenvalue weighted by molar-refractivity contribution is -0.136. The second-order valence-electron chi connectivity index (χ2n) is 4.56. The van der Waals surface area contributed by atoms with E-state index < -0.39 is 5.97 Å². The van der Waals surface area contributed by atoms with Gasteiger partial charge in [-0.05, 0) is 23.6 Å². The van der Waals surface area contributed by atoms with E-state index in [-0.39, 0.29) is 6.42 Å². The molecule has 19 heavy (non-hydrogen) atoms. The quantitative estimate of drug-likeness (QED) is 0.840. The van der Waals surface area contributed by atoms with E-state index in [2.05, 4.69) is 31.2 Å². The van der Waals surface area contributed by atoms with Crippen LogP contribution in [-0.2, 0) is 11.2 Å². The minimum Gasteiger partial charge on any atom is -0.481 e. The molecule has 2 heteroatoms. The summed E-state index contributed by atoms with van der Waals surface area (Å²) in [6.07, 6.45) is 4.14. The molecule has 96 valence electrons. The van der Waals surface area contributed by atoms with Gasteiger partial charge in [0, 0.05) is 0 Å². The molecular formula is C17H16O2. The van der Waals surface area contributed by atoms with E-state index in [1.54, 1.807) is 0 Å². The van der Waals surface area contributed by atoms with Gasteiger partial charge in [-0.25, -0.2) is 0 Å². The van der Waals surface area contributed by atoms with Crippen molar-refractivity contribution in [2.75, 3.05) is 0 Å². The molecular weight excluding hydrogens is 236 g/mol. The van der Waals surface area contributed by atoms with Crippen molar-refractivity contribution in [2.45, 2.75) is 13.3 Å². The third-order valence-electron chi connectivity index (χ3n) is 2.88. The van der Waals surface area contributed by atoms with Crippen LogP contribution in [0.25, 0.3) is 12.2 Å². The van der Waals surface area contributed by atoms with Crippen LogP contribution in [0.2, 0.25) is 0 Å². The molecule has 0 aromatic heterocycles. The highest BCUT2D eigenvalue weighted by atomic mass is 16.4. The first-order valence-electron chi connectivity index (χ1n) is 6.19. The molecule has 0 aliphatic rings. The first-order chi connectivity index (χ1) is 9.13. The predicted octanol–water partition coefficient (Wildman–Crippen LogP) is 3.79. The van der Waals surface area contributed by atoms with E-state index in [0.717, 1.165) is 16.7 Å². The zero-order valence-electron chi connectivity index (χ0n) is 10.8. The van der Waals surface area contributed by atoms with Crippen molar-refractivity contribution in [3.05, 3.63) is 70.8 Å². The number of carboxylic acids is 1. The van der Waals surface area contributed by atoms with Gasteiger partial charge in [-0.15, -0.1) is 0 Å². The molecule has 1 N–H and O–H groups in total. The molecule has 0 amide bonds. The Labute approximate surface area is 113 Å². The molecule has 0 aliphatic carbocycles. The van der Waals surface area contributed by atoms with Crippen LogP contribution in [-0.4, -0.2) is 11.1 Å². The summed E-state index contributed by atoms with van der Waals surface area (Å²) in [5, 5.41) is 8.70. The normalized spacial score (nSPS) is 10.8. The fourth-order valence-corrected chi connectivity index (χ4v) is 1.79. The average Bonchev–Trinajstić information content (AvgIpc) is 2.39. The Morgan fingerprint density at radius 2 is 1.42 bits per heavy atom. The van der Waals surface area contributed by atoms with Crippen molar-refractivity contribution in [2.24, 2.45) is 0 Å². The standard InChI is InChI=1S/C17H16O2/c1-13-2-4-14(5-3-13)6-7-15-8-10-16(11-9-15)12-17(18)19/h2-11H,12H2,1H3,(H,18,19)/b7-6+. The fourth-order valence-electron chi connectivity index (χ4n) is 1.79. The Kier molecular flexibility index (Phi) is 4.14.